The number of nitrogens with one attached hydrogen (secondary N) is 2. The molecule has 9 heteroatoms. The van der Waals surface area contributed by atoms with Crippen LogP contribution in [-0.2, 0) is 4.74 Å². The van der Waals surface area contributed by atoms with E-state index in [0.29, 0.717) is 41.3 Å². The third-order valence-electron chi connectivity index (χ3n) is 5.07. The summed E-state index contributed by atoms with van der Waals surface area (Å²) in [6.45, 7) is 1.14. The summed E-state index contributed by atoms with van der Waals surface area (Å²) in [7, 11) is 1.63. The highest BCUT2D eigenvalue weighted by atomic mass is 35.5. The van der Waals surface area contributed by atoms with E-state index in [0.717, 1.165) is 23.1 Å². The maximum Gasteiger partial charge on any atom is 0.251 e. The van der Waals surface area contributed by atoms with Crippen molar-refractivity contribution in [1.82, 2.24) is 20.3 Å². The van der Waals surface area contributed by atoms with Crippen LogP contribution in [0.5, 0.6) is 0 Å². The number of amides is 2. The lowest BCUT2D eigenvalue weighted by Gasteiger charge is -2.06. The first kappa shape index (κ1) is 23.9. The molecule has 0 spiro atoms. The highest BCUT2D eigenvalue weighted by Gasteiger charge is 2.13. The van der Waals surface area contributed by atoms with E-state index in [-0.39, 0.29) is 18.3 Å². The smallest absolute Gasteiger partial charge is 0.251 e. The van der Waals surface area contributed by atoms with Crippen molar-refractivity contribution in [2.24, 2.45) is 5.73 Å². The zero-order valence-electron chi connectivity index (χ0n) is 18.0. The molecule has 0 aliphatic rings. The van der Waals surface area contributed by atoms with E-state index in [1.807, 2.05) is 30.3 Å². The average molecular weight is 466 g/mol. The number of benzene rings is 2. The average Bonchev–Trinajstić information content (AvgIpc) is 3.26. The number of primary amides is 1. The number of halogens is 1. The molecule has 2 amide bonds. The predicted molar refractivity (Wildman–Crippen MR) is 129 cm³/mol. The number of hydrogen-bond donors (Lipinski definition) is 3. The van der Waals surface area contributed by atoms with Crippen molar-refractivity contribution < 1.29 is 14.3 Å². The summed E-state index contributed by atoms with van der Waals surface area (Å²) in [6, 6.07) is 16.2. The number of H-pyrrole nitrogens is 1. The molecular weight excluding hydrogens is 442 g/mol. The minimum atomic E-state index is -0.471. The Kier molecular flexibility index (Phi) is 7.76. The monoisotopic (exact) mass is 465 g/mol. The first-order valence-corrected chi connectivity index (χ1v) is 10.2. The van der Waals surface area contributed by atoms with E-state index in [9.17, 15) is 9.59 Å². The molecule has 0 radical (unpaired) electrons. The first-order valence-electron chi connectivity index (χ1n) is 10.2. The number of rotatable bonds is 8. The molecule has 0 atom stereocenters. The number of fused-ring (bicyclic) bond motifs is 1. The van der Waals surface area contributed by atoms with Gasteiger partial charge in [-0.2, -0.15) is 0 Å². The first-order chi connectivity index (χ1) is 15.6. The molecule has 0 aliphatic carbocycles. The predicted octanol–water partition coefficient (Wildman–Crippen LogP) is 3.58. The summed E-state index contributed by atoms with van der Waals surface area (Å²) in [5.74, 6) is -0.00347. The minimum absolute atomic E-state index is 0. The van der Waals surface area contributed by atoms with Crippen LogP contribution in [0.15, 0.2) is 60.8 Å². The van der Waals surface area contributed by atoms with Gasteiger partial charge in [0.25, 0.3) is 5.91 Å². The summed E-state index contributed by atoms with van der Waals surface area (Å²) in [6.07, 6.45) is 2.45. The van der Waals surface area contributed by atoms with Gasteiger partial charge < -0.3 is 20.8 Å². The van der Waals surface area contributed by atoms with Gasteiger partial charge in [0, 0.05) is 48.7 Å². The number of nitrogens with two attached hydrogens (primary N) is 1. The molecule has 4 aromatic rings. The van der Waals surface area contributed by atoms with Crippen molar-refractivity contribution >= 4 is 35.4 Å². The molecule has 170 valence electrons. The second kappa shape index (κ2) is 10.7. The summed E-state index contributed by atoms with van der Waals surface area (Å²) in [5.41, 5.74) is 10.2. The summed E-state index contributed by atoms with van der Waals surface area (Å²) in [5, 5.41) is 2.89. The van der Waals surface area contributed by atoms with Crippen LogP contribution < -0.4 is 11.1 Å². The number of hydrogen-bond acceptors (Lipinski definition) is 5. The topological polar surface area (TPSA) is 123 Å². The molecule has 2 aromatic carbocycles. The molecule has 4 rings (SSSR count). The van der Waals surface area contributed by atoms with Crippen LogP contribution in [-0.4, -0.2) is 47.0 Å². The summed E-state index contributed by atoms with van der Waals surface area (Å²) in [4.78, 5) is 36.2. The molecule has 0 unspecified atom stereocenters. The number of pyridine rings is 1. The highest BCUT2D eigenvalue weighted by Crippen LogP contribution is 2.29. The van der Waals surface area contributed by atoms with Crippen LogP contribution in [0.1, 0.15) is 27.1 Å². The number of ether oxygens (including phenoxy) is 1. The second-order valence-electron chi connectivity index (χ2n) is 7.27. The largest absolute Gasteiger partial charge is 0.385 e. The Morgan fingerprint density at radius 1 is 1.06 bits per heavy atom. The Morgan fingerprint density at radius 3 is 2.58 bits per heavy atom. The van der Waals surface area contributed by atoms with Crippen molar-refractivity contribution in [3.05, 3.63) is 71.9 Å². The van der Waals surface area contributed by atoms with Crippen molar-refractivity contribution in [2.75, 3.05) is 20.3 Å². The quantitative estimate of drug-likeness (QED) is 0.343. The van der Waals surface area contributed by atoms with Gasteiger partial charge in [0.15, 0.2) is 5.65 Å². The Bertz CT molecular complexity index is 1270. The normalized spacial score (nSPS) is 10.6. The van der Waals surface area contributed by atoms with Gasteiger partial charge in [-0.15, -0.1) is 12.4 Å². The third-order valence-corrected chi connectivity index (χ3v) is 5.07. The van der Waals surface area contributed by atoms with E-state index in [2.05, 4.69) is 15.3 Å². The molecule has 4 N–H and O–H groups in total. The minimum Gasteiger partial charge on any atom is -0.385 e. The van der Waals surface area contributed by atoms with Crippen molar-refractivity contribution in [3.63, 3.8) is 0 Å². The number of nitrogens with zero attached hydrogens (tertiary/aromatic N) is 2. The number of imidazole rings is 1. The number of aromatic nitrogens is 3. The number of carbonyl (C=O) groups excluding carboxylic acids is 2. The number of carbonyl (C=O) groups is 2. The third kappa shape index (κ3) is 5.36. The van der Waals surface area contributed by atoms with E-state index >= 15 is 0 Å². The van der Waals surface area contributed by atoms with Crippen molar-refractivity contribution in [3.8, 4) is 22.5 Å². The lowest BCUT2D eigenvalue weighted by molar-refractivity contribution is 0.0947. The molecule has 0 saturated carbocycles. The molecule has 2 aromatic heterocycles. The summed E-state index contributed by atoms with van der Waals surface area (Å²) >= 11 is 0. The Labute approximate surface area is 197 Å². The molecule has 33 heavy (non-hydrogen) atoms. The van der Waals surface area contributed by atoms with Gasteiger partial charge in [0.1, 0.15) is 11.3 Å². The highest BCUT2D eigenvalue weighted by molar-refractivity contribution is 5.97. The molecule has 0 bridgehead atoms. The molecule has 0 saturated heterocycles. The van der Waals surface area contributed by atoms with Crippen LogP contribution in [0.2, 0.25) is 0 Å². The SMILES string of the molecule is COCCCNC(=O)c1cccc(-c2nc3c(-c4ccc(C(N)=O)cc4)ccnc3[nH]2)c1.Cl. The van der Waals surface area contributed by atoms with Crippen LogP contribution in [0.4, 0.5) is 0 Å². The van der Waals surface area contributed by atoms with Crippen LogP contribution in [0.3, 0.4) is 0 Å². The fourth-order valence-electron chi connectivity index (χ4n) is 3.42. The van der Waals surface area contributed by atoms with Crippen LogP contribution >= 0.6 is 12.4 Å². The van der Waals surface area contributed by atoms with Gasteiger partial charge in [0.05, 0.1) is 0 Å². The molecule has 2 heterocycles. The lowest BCUT2D eigenvalue weighted by Crippen LogP contribution is -2.25. The molecule has 0 fully saturated rings. The maximum absolute atomic E-state index is 12.5. The van der Waals surface area contributed by atoms with Gasteiger partial charge in [-0.25, -0.2) is 9.97 Å². The Morgan fingerprint density at radius 2 is 1.85 bits per heavy atom. The molecule has 0 aliphatic heterocycles. The number of aromatic amines is 1. The zero-order valence-corrected chi connectivity index (χ0v) is 18.8. The van der Waals surface area contributed by atoms with E-state index in [1.54, 1.807) is 37.6 Å². The Balaban J connectivity index is 0.00000306. The maximum atomic E-state index is 12.5. The molecular formula is C24H24ClN5O3. The van der Waals surface area contributed by atoms with Crippen molar-refractivity contribution in [1.29, 1.82) is 0 Å². The summed E-state index contributed by atoms with van der Waals surface area (Å²) < 4.78 is 5.00. The van der Waals surface area contributed by atoms with E-state index in [1.165, 1.54) is 0 Å². The standard InChI is InChI=1S/C24H23N5O3.ClH/c1-32-13-3-11-27-24(31)18-5-2-4-17(14-18)22-28-20-19(10-12-26-23(20)29-22)15-6-8-16(9-7-15)21(25)30;/h2,4-10,12,14H,3,11,13H2,1H3,(H2,25,30)(H,27,31)(H,26,28,29);1H. The molecule has 8 nitrogen and oxygen atoms in total. The van der Waals surface area contributed by atoms with Crippen molar-refractivity contribution in [2.45, 2.75) is 6.42 Å². The van der Waals surface area contributed by atoms with Gasteiger partial charge in [-0.3, -0.25) is 9.59 Å². The van der Waals surface area contributed by atoms with Crippen LogP contribution in [0, 0.1) is 0 Å². The van der Waals surface area contributed by atoms with Gasteiger partial charge in [-0.1, -0.05) is 24.3 Å². The second-order valence-corrected chi connectivity index (χ2v) is 7.27. The zero-order chi connectivity index (χ0) is 22.5. The van der Waals surface area contributed by atoms with Gasteiger partial charge >= 0.3 is 0 Å². The van der Waals surface area contributed by atoms with E-state index < -0.39 is 5.91 Å². The fourth-order valence-corrected chi connectivity index (χ4v) is 3.42. The van der Waals surface area contributed by atoms with Gasteiger partial charge in [-0.05, 0) is 42.3 Å². The van der Waals surface area contributed by atoms with Crippen LogP contribution in [0.25, 0.3) is 33.7 Å². The lowest BCUT2D eigenvalue weighted by atomic mass is 10.0. The van der Waals surface area contributed by atoms with E-state index in [4.69, 9.17) is 15.5 Å². The fraction of sp³-hybridized carbons (Fsp3) is 0.167. The number of methoxy groups -OCH3 is 1. The van der Waals surface area contributed by atoms with Gasteiger partial charge in [0.2, 0.25) is 5.91 Å². The Hall–Kier alpha value is -3.75.